The summed E-state index contributed by atoms with van der Waals surface area (Å²) in [6.45, 7) is 0. The van der Waals surface area contributed by atoms with Gasteiger partial charge in [0.25, 0.3) is 0 Å². The predicted molar refractivity (Wildman–Crippen MR) is 50.3 cm³/mol. The van der Waals surface area contributed by atoms with Crippen LogP contribution in [0, 0.1) is 0 Å². The highest BCUT2D eigenvalue weighted by Gasteiger charge is 2.24. The second-order valence-corrected chi connectivity index (χ2v) is 3.02. The molecule has 16 heavy (non-hydrogen) atoms. The van der Waals surface area contributed by atoms with Crippen LogP contribution in [-0.4, -0.2) is 54.4 Å². The van der Waals surface area contributed by atoms with Gasteiger partial charge >= 0.3 is 11.9 Å². The lowest BCUT2D eigenvalue weighted by molar-refractivity contribution is -0.154. The van der Waals surface area contributed by atoms with E-state index < -0.39 is 42.8 Å². The highest BCUT2D eigenvalue weighted by atomic mass is 16.5. The Kier molecular flexibility index (Phi) is 6.28. The van der Waals surface area contributed by atoms with Gasteiger partial charge < -0.3 is 19.7 Å². The van der Waals surface area contributed by atoms with Gasteiger partial charge in [-0.3, -0.25) is 4.79 Å². The van der Waals surface area contributed by atoms with E-state index in [2.05, 4.69) is 9.47 Å². The number of carbonyl (C=O) groups is 3. The van der Waals surface area contributed by atoms with E-state index in [4.69, 9.17) is 10.2 Å². The molecule has 2 atom stereocenters. The molecule has 7 nitrogen and oxygen atoms in total. The molecule has 0 aliphatic rings. The number of hydrogen-bond acceptors (Lipinski definition) is 7. The topological polar surface area (TPSA) is 110 Å². The maximum atomic E-state index is 11.2. The molecule has 0 aromatic heterocycles. The van der Waals surface area contributed by atoms with Crippen molar-refractivity contribution in [3.8, 4) is 0 Å². The van der Waals surface area contributed by atoms with E-state index in [0.717, 1.165) is 14.2 Å². The number of methoxy groups -OCH3 is 2. The van der Waals surface area contributed by atoms with Crippen LogP contribution in [0.3, 0.4) is 0 Å². The van der Waals surface area contributed by atoms with Gasteiger partial charge in [-0.05, 0) is 0 Å². The third-order valence-electron chi connectivity index (χ3n) is 1.79. The number of aliphatic hydroxyl groups is 2. The SMILES string of the molecule is COC(=O)[C@H](O)CC(=O)C[C@@H](O)C(=O)OC. The molecule has 0 saturated carbocycles. The van der Waals surface area contributed by atoms with Gasteiger partial charge in [0.2, 0.25) is 0 Å². The summed E-state index contributed by atoms with van der Waals surface area (Å²) in [7, 11) is 2.14. The molecule has 0 amide bonds. The fourth-order valence-electron chi connectivity index (χ4n) is 0.953. The standard InChI is InChI=1S/C9H14O7/c1-15-8(13)6(11)3-5(10)4-7(12)9(14)16-2/h6-7,11-12H,3-4H2,1-2H3/t6-,7-/m1/s1. The van der Waals surface area contributed by atoms with E-state index in [0.29, 0.717) is 0 Å². The maximum Gasteiger partial charge on any atom is 0.335 e. The van der Waals surface area contributed by atoms with E-state index in [9.17, 15) is 14.4 Å². The van der Waals surface area contributed by atoms with Crippen LogP contribution in [0.15, 0.2) is 0 Å². The van der Waals surface area contributed by atoms with Crippen LogP contribution < -0.4 is 0 Å². The third kappa shape index (κ3) is 4.85. The van der Waals surface area contributed by atoms with E-state index in [1.165, 1.54) is 0 Å². The van der Waals surface area contributed by atoms with Crippen molar-refractivity contribution < 1.29 is 34.1 Å². The smallest absolute Gasteiger partial charge is 0.335 e. The van der Waals surface area contributed by atoms with Gasteiger partial charge in [-0.2, -0.15) is 0 Å². The zero-order valence-corrected chi connectivity index (χ0v) is 9.00. The van der Waals surface area contributed by atoms with Crippen molar-refractivity contribution >= 4 is 17.7 Å². The highest BCUT2D eigenvalue weighted by molar-refractivity contribution is 5.89. The average Bonchev–Trinajstić information content (AvgIpc) is 2.26. The summed E-state index contributed by atoms with van der Waals surface area (Å²) in [6.07, 6.45) is -4.19. The molecule has 0 bridgehead atoms. The molecular formula is C9H14O7. The van der Waals surface area contributed by atoms with Gasteiger partial charge in [0, 0.05) is 12.8 Å². The molecule has 0 spiro atoms. The molecule has 0 aromatic rings. The van der Waals surface area contributed by atoms with Gasteiger partial charge in [0.15, 0.2) is 12.2 Å². The van der Waals surface area contributed by atoms with Crippen LogP contribution in [0.5, 0.6) is 0 Å². The molecule has 0 heterocycles. The molecule has 0 aliphatic heterocycles. The van der Waals surface area contributed by atoms with Crippen LogP contribution in [0.4, 0.5) is 0 Å². The normalized spacial score (nSPS) is 13.8. The first-order valence-corrected chi connectivity index (χ1v) is 4.45. The van der Waals surface area contributed by atoms with Crippen LogP contribution >= 0.6 is 0 Å². The Bertz CT molecular complexity index is 247. The molecular weight excluding hydrogens is 220 g/mol. The Morgan fingerprint density at radius 3 is 1.50 bits per heavy atom. The average molecular weight is 234 g/mol. The van der Waals surface area contributed by atoms with Crippen molar-refractivity contribution in [3.63, 3.8) is 0 Å². The van der Waals surface area contributed by atoms with E-state index >= 15 is 0 Å². The number of esters is 2. The fourth-order valence-corrected chi connectivity index (χ4v) is 0.953. The Labute approximate surface area is 92.0 Å². The van der Waals surface area contributed by atoms with Crippen LogP contribution in [0.25, 0.3) is 0 Å². The minimum atomic E-state index is -1.58. The molecule has 0 rings (SSSR count). The number of hydrogen-bond donors (Lipinski definition) is 2. The summed E-state index contributed by atoms with van der Waals surface area (Å²) in [5.41, 5.74) is 0. The lowest BCUT2D eigenvalue weighted by Gasteiger charge is -2.09. The zero-order valence-electron chi connectivity index (χ0n) is 9.00. The third-order valence-corrected chi connectivity index (χ3v) is 1.79. The van der Waals surface area contributed by atoms with E-state index in [-0.39, 0.29) is 0 Å². The van der Waals surface area contributed by atoms with Crippen LogP contribution in [-0.2, 0) is 23.9 Å². The molecule has 2 N–H and O–H groups in total. The molecule has 0 radical (unpaired) electrons. The second kappa shape index (κ2) is 6.91. The van der Waals surface area contributed by atoms with Gasteiger partial charge in [-0.1, -0.05) is 0 Å². The quantitative estimate of drug-likeness (QED) is 0.532. The Balaban J connectivity index is 4.08. The van der Waals surface area contributed by atoms with E-state index in [1.807, 2.05) is 0 Å². The van der Waals surface area contributed by atoms with Crippen molar-refractivity contribution in [1.82, 2.24) is 0 Å². The summed E-state index contributed by atoms with van der Waals surface area (Å²) >= 11 is 0. The number of ether oxygens (including phenoxy) is 2. The van der Waals surface area contributed by atoms with Crippen molar-refractivity contribution in [3.05, 3.63) is 0 Å². The highest BCUT2D eigenvalue weighted by Crippen LogP contribution is 2.03. The number of carbonyl (C=O) groups excluding carboxylic acids is 3. The monoisotopic (exact) mass is 234 g/mol. The van der Waals surface area contributed by atoms with Crippen molar-refractivity contribution in [2.24, 2.45) is 0 Å². The summed E-state index contributed by atoms with van der Waals surface area (Å²) in [4.78, 5) is 32.7. The largest absolute Gasteiger partial charge is 0.467 e. The lowest BCUT2D eigenvalue weighted by Crippen LogP contribution is -2.29. The summed E-state index contributed by atoms with van der Waals surface area (Å²) in [5, 5.41) is 18.2. The minimum Gasteiger partial charge on any atom is -0.467 e. The minimum absolute atomic E-state index is 0.513. The Morgan fingerprint density at radius 1 is 0.938 bits per heavy atom. The molecule has 0 fully saturated rings. The molecule has 0 aliphatic carbocycles. The molecule has 0 saturated heterocycles. The number of ketones is 1. The Morgan fingerprint density at radius 2 is 1.25 bits per heavy atom. The van der Waals surface area contributed by atoms with Gasteiger partial charge in [-0.25, -0.2) is 9.59 Å². The second-order valence-electron chi connectivity index (χ2n) is 3.02. The lowest BCUT2D eigenvalue weighted by atomic mass is 10.1. The molecule has 0 unspecified atom stereocenters. The first-order chi connectivity index (χ1) is 7.42. The molecule has 0 aromatic carbocycles. The first-order valence-electron chi connectivity index (χ1n) is 4.45. The predicted octanol–water partition coefficient (Wildman–Crippen LogP) is -1.60. The van der Waals surface area contributed by atoms with Crippen molar-refractivity contribution in [2.75, 3.05) is 14.2 Å². The van der Waals surface area contributed by atoms with Gasteiger partial charge in [-0.15, -0.1) is 0 Å². The Hall–Kier alpha value is -1.47. The van der Waals surface area contributed by atoms with Gasteiger partial charge in [0.1, 0.15) is 5.78 Å². The van der Waals surface area contributed by atoms with Crippen molar-refractivity contribution in [2.45, 2.75) is 25.0 Å². The number of Topliss-reactive ketones (excluding diaryl/α,β-unsaturated/α-hetero) is 1. The van der Waals surface area contributed by atoms with Gasteiger partial charge in [0.05, 0.1) is 14.2 Å². The summed E-state index contributed by atoms with van der Waals surface area (Å²) < 4.78 is 8.38. The first kappa shape index (κ1) is 14.5. The fraction of sp³-hybridized carbons (Fsp3) is 0.667. The zero-order chi connectivity index (χ0) is 12.7. The van der Waals surface area contributed by atoms with Crippen LogP contribution in [0.2, 0.25) is 0 Å². The maximum absolute atomic E-state index is 11.2. The summed E-state index contributed by atoms with van der Waals surface area (Å²) in [5.74, 6) is -2.53. The molecule has 92 valence electrons. The van der Waals surface area contributed by atoms with Crippen LogP contribution in [0.1, 0.15) is 12.8 Å². The number of aliphatic hydroxyl groups excluding tert-OH is 2. The van der Waals surface area contributed by atoms with Crippen molar-refractivity contribution in [1.29, 1.82) is 0 Å². The van der Waals surface area contributed by atoms with E-state index in [1.54, 1.807) is 0 Å². The molecule has 7 heteroatoms. The number of rotatable bonds is 6. The summed E-state index contributed by atoms with van der Waals surface area (Å²) in [6, 6.07) is 0.